The summed E-state index contributed by atoms with van der Waals surface area (Å²) < 4.78 is 3.95. The van der Waals surface area contributed by atoms with Crippen molar-refractivity contribution >= 4 is 28.6 Å². The lowest BCUT2D eigenvalue weighted by molar-refractivity contribution is 0.651. The molecule has 3 aromatic rings. The Morgan fingerprint density at radius 2 is 1.93 bits per heavy atom. The number of fused-ring (bicyclic) bond motifs is 1. The summed E-state index contributed by atoms with van der Waals surface area (Å²) in [5, 5.41) is 10.6. The zero-order valence-electron chi connectivity index (χ0n) is 15.3. The highest BCUT2D eigenvalue weighted by Crippen LogP contribution is 2.41. The Bertz CT molecular complexity index is 1050. The zero-order chi connectivity index (χ0) is 18.4. The van der Waals surface area contributed by atoms with Crippen molar-refractivity contribution in [2.45, 2.75) is 42.6 Å². The number of aromatic nitrogens is 5. The number of benzene rings is 1. The molecule has 1 saturated carbocycles. The first kappa shape index (κ1) is 16.8. The van der Waals surface area contributed by atoms with E-state index in [9.17, 15) is 4.79 Å². The second-order valence-electron chi connectivity index (χ2n) is 7.28. The minimum absolute atomic E-state index is 0.00221. The van der Waals surface area contributed by atoms with Gasteiger partial charge in [0.15, 0.2) is 5.16 Å². The van der Waals surface area contributed by atoms with Crippen molar-refractivity contribution in [1.82, 2.24) is 24.3 Å². The second-order valence-corrected chi connectivity index (χ2v) is 8.22. The van der Waals surface area contributed by atoms with Crippen molar-refractivity contribution in [2.24, 2.45) is 7.05 Å². The van der Waals surface area contributed by atoms with Crippen molar-refractivity contribution in [2.75, 3.05) is 18.0 Å². The Morgan fingerprint density at radius 1 is 1.15 bits per heavy atom. The van der Waals surface area contributed by atoms with Gasteiger partial charge in [-0.05, 0) is 37.8 Å². The van der Waals surface area contributed by atoms with E-state index >= 15 is 0 Å². The number of hydrogen-bond donors (Lipinski definition) is 0. The highest BCUT2D eigenvalue weighted by molar-refractivity contribution is 7.98. The molecule has 27 heavy (non-hydrogen) atoms. The van der Waals surface area contributed by atoms with Crippen molar-refractivity contribution < 1.29 is 0 Å². The lowest BCUT2D eigenvalue weighted by Crippen LogP contribution is -2.22. The van der Waals surface area contributed by atoms with Crippen LogP contribution in [0.25, 0.3) is 10.9 Å². The number of para-hydroxylation sites is 1. The maximum absolute atomic E-state index is 12.6. The first-order chi connectivity index (χ1) is 13.2. The molecule has 1 aromatic carbocycles. The first-order valence-corrected chi connectivity index (χ1v) is 10.5. The predicted molar refractivity (Wildman–Crippen MR) is 106 cm³/mol. The molecule has 140 valence electrons. The molecule has 2 aliphatic rings. The van der Waals surface area contributed by atoms with Crippen molar-refractivity contribution in [3.8, 4) is 0 Å². The molecule has 1 aliphatic carbocycles. The van der Waals surface area contributed by atoms with E-state index in [2.05, 4.69) is 19.7 Å². The van der Waals surface area contributed by atoms with E-state index in [1.165, 1.54) is 25.7 Å². The molecule has 0 radical (unpaired) electrons. The van der Waals surface area contributed by atoms with Crippen LogP contribution < -0.4 is 10.5 Å². The average molecular weight is 382 g/mol. The van der Waals surface area contributed by atoms with Gasteiger partial charge in [0.2, 0.25) is 5.95 Å². The van der Waals surface area contributed by atoms with Crippen LogP contribution in [0.1, 0.15) is 37.5 Å². The smallest absolute Gasteiger partial charge is 0.261 e. The van der Waals surface area contributed by atoms with E-state index in [0.717, 1.165) is 35.5 Å². The van der Waals surface area contributed by atoms with Gasteiger partial charge in [-0.2, -0.15) is 0 Å². The summed E-state index contributed by atoms with van der Waals surface area (Å²) in [5.41, 5.74) is 0.746. The Hall–Kier alpha value is -2.35. The molecule has 0 amide bonds. The third kappa shape index (κ3) is 3.01. The number of rotatable bonds is 5. The van der Waals surface area contributed by atoms with E-state index in [4.69, 9.17) is 4.98 Å². The number of thioether (sulfide) groups is 1. The Kier molecular flexibility index (Phi) is 4.15. The predicted octanol–water partition coefficient (Wildman–Crippen LogP) is 2.75. The molecule has 1 saturated heterocycles. The molecule has 5 rings (SSSR count). The number of anilines is 1. The first-order valence-electron chi connectivity index (χ1n) is 9.49. The molecule has 3 heterocycles. The van der Waals surface area contributed by atoms with Gasteiger partial charge in [-0.1, -0.05) is 23.9 Å². The number of nitrogens with zero attached hydrogens (tertiary/aromatic N) is 6. The van der Waals surface area contributed by atoms with Gasteiger partial charge in [-0.3, -0.25) is 13.9 Å². The Balaban J connectivity index is 1.44. The summed E-state index contributed by atoms with van der Waals surface area (Å²) in [4.78, 5) is 19.6. The monoisotopic (exact) mass is 382 g/mol. The Morgan fingerprint density at radius 3 is 2.70 bits per heavy atom. The molecule has 0 atom stereocenters. The van der Waals surface area contributed by atoms with Gasteiger partial charge < -0.3 is 4.90 Å². The molecule has 2 fully saturated rings. The molecule has 1 aliphatic heterocycles. The van der Waals surface area contributed by atoms with Crippen LogP contribution in [0.15, 0.2) is 34.2 Å². The van der Waals surface area contributed by atoms with Crippen LogP contribution >= 0.6 is 11.8 Å². The summed E-state index contributed by atoms with van der Waals surface area (Å²) in [5.74, 6) is 2.37. The van der Waals surface area contributed by atoms with Crippen LogP contribution in [0.3, 0.4) is 0 Å². The highest BCUT2D eigenvalue weighted by Gasteiger charge is 2.32. The van der Waals surface area contributed by atoms with Gasteiger partial charge in [0.1, 0.15) is 5.82 Å². The maximum Gasteiger partial charge on any atom is 0.261 e. The van der Waals surface area contributed by atoms with E-state index in [1.54, 1.807) is 23.4 Å². The lowest BCUT2D eigenvalue weighted by Gasteiger charge is -2.18. The van der Waals surface area contributed by atoms with Gasteiger partial charge in [0.25, 0.3) is 5.56 Å². The van der Waals surface area contributed by atoms with Crippen LogP contribution in [0.2, 0.25) is 0 Å². The highest BCUT2D eigenvalue weighted by atomic mass is 32.2. The fourth-order valence-corrected chi connectivity index (χ4v) is 4.66. The van der Waals surface area contributed by atoms with Crippen LogP contribution in [0, 0.1) is 0 Å². The van der Waals surface area contributed by atoms with Crippen molar-refractivity contribution in [3.05, 3.63) is 40.4 Å². The lowest BCUT2D eigenvalue weighted by atomic mass is 10.2. The second kappa shape index (κ2) is 6.67. The third-order valence-electron chi connectivity index (χ3n) is 5.35. The molecular weight excluding hydrogens is 360 g/mol. The molecule has 0 unspecified atom stereocenters. The molecule has 0 N–H and O–H groups in total. The third-order valence-corrected chi connectivity index (χ3v) is 6.29. The fourth-order valence-electron chi connectivity index (χ4n) is 3.67. The standard InChI is InChI=1S/C19H22N6OS/c1-23-16(20-15-7-3-2-6-14(15)17(23)26)12-27-19-22-21-18(24-10-4-5-11-24)25(19)13-8-9-13/h2-3,6-7,13H,4-5,8-12H2,1H3. The van der Waals surface area contributed by atoms with Gasteiger partial charge >= 0.3 is 0 Å². The van der Waals surface area contributed by atoms with Crippen molar-refractivity contribution in [3.63, 3.8) is 0 Å². The molecule has 0 spiro atoms. The molecule has 0 bridgehead atoms. The van der Waals surface area contributed by atoms with Crippen LogP contribution in [-0.2, 0) is 12.8 Å². The van der Waals surface area contributed by atoms with Gasteiger partial charge in [0, 0.05) is 26.2 Å². The quantitative estimate of drug-likeness (QED) is 0.632. The van der Waals surface area contributed by atoms with E-state index in [0.29, 0.717) is 17.2 Å². The molecule has 7 nitrogen and oxygen atoms in total. The van der Waals surface area contributed by atoms with Crippen LogP contribution in [-0.4, -0.2) is 37.4 Å². The fraction of sp³-hybridized carbons (Fsp3) is 0.474. The van der Waals surface area contributed by atoms with E-state index in [1.807, 2.05) is 24.3 Å². The average Bonchev–Trinajstić information content (AvgIpc) is 3.21. The largest absolute Gasteiger partial charge is 0.341 e. The summed E-state index contributed by atoms with van der Waals surface area (Å²) in [7, 11) is 1.79. The van der Waals surface area contributed by atoms with Gasteiger partial charge in [0.05, 0.1) is 16.7 Å². The minimum atomic E-state index is -0.00221. The minimum Gasteiger partial charge on any atom is -0.341 e. The van der Waals surface area contributed by atoms with Crippen LogP contribution in [0.4, 0.5) is 5.95 Å². The van der Waals surface area contributed by atoms with Gasteiger partial charge in [-0.25, -0.2) is 4.98 Å². The Labute approximate surface area is 161 Å². The summed E-state index contributed by atoms with van der Waals surface area (Å²) >= 11 is 1.62. The zero-order valence-corrected chi connectivity index (χ0v) is 16.2. The van der Waals surface area contributed by atoms with Crippen molar-refractivity contribution in [1.29, 1.82) is 0 Å². The topological polar surface area (TPSA) is 68.8 Å². The maximum atomic E-state index is 12.6. The molecule has 8 heteroatoms. The SMILES string of the molecule is Cn1c(CSc2nnc(N3CCCC3)n2C2CC2)nc2ccccc2c1=O. The number of hydrogen-bond acceptors (Lipinski definition) is 6. The van der Waals surface area contributed by atoms with E-state index < -0.39 is 0 Å². The van der Waals surface area contributed by atoms with Crippen LogP contribution in [0.5, 0.6) is 0 Å². The summed E-state index contributed by atoms with van der Waals surface area (Å²) in [6.07, 6.45) is 4.84. The van der Waals surface area contributed by atoms with Gasteiger partial charge in [-0.15, -0.1) is 10.2 Å². The normalized spacial score (nSPS) is 17.1. The summed E-state index contributed by atoms with van der Waals surface area (Å²) in [6.45, 7) is 2.13. The molecular formula is C19H22N6OS. The molecule has 2 aromatic heterocycles. The van der Waals surface area contributed by atoms with E-state index in [-0.39, 0.29) is 5.56 Å². The summed E-state index contributed by atoms with van der Waals surface area (Å²) in [6, 6.07) is 8.03.